The minimum Gasteiger partial charge on any atom is -0.435 e. The highest BCUT2D eigenvalue weighted by molar-refractivity contribution is 5.69. The second-order valence-electron chi connectivity index (χ2n) is 9.59. The minimum atomic E-state index is -4.58. The third kappa shape index (κ3) is 5.79. The maximum atomic E-state index is 14.8. The van der Waals surface area contributed by atoms with Gasteiger partial charge in [0.1, 0.15) is 23.1 Å². The number of carbonyl (C=O) groups is 1. The molecule has 1 fully saturated rings. The lowest BCUT2D eigenvalue weighted by Crippen LogP contribution is -2.46. The van der Waals surface area contributed by atoms with Gasteiger partial charge in [-0.3, -0.25) is 9.36 Å². The van der Waals surface area contributed by atoms with E-state index in [0.29, 0.717) is 32.0 Å². The molecule has 0 unspecified atom stereocenters. The number of halogens is 5. The lowest BCUT2D eigenvalue weighted by Gasteiger charge is -2.33. The fraction of sp³-hybridized carbons (Fsp3) is 0.296. The highest BCUT2D eigenvalue weighted by atomic mass is 19.4. The number of alkyl carbamates (subject to hydrolysis) is 1. The average molecular weight is 546 g/mol. The van der Waals surface area contributed by atoms with Gasteiger partial charge in [-0.25, -0.2) is 18.6 Å². The summed E-state index contributed by atoms with van der Waals surface area (Å²) in [7, 11) is 0. The Morgan fingerprint density at radius 1 is 1.05 bits per heavy atom. The van der Waals surface area contributed by atoms with Crippen LogP contribution in [0.2, 0.25) is 0 Å². The van der Waals surface area contributed by atoms with Gasteiger partial charge in [-0.2, -0.15) is 13.2 Å². The van der Waals surface area contributed by atoms with Crippen LogP contribution in [0.5, 0.6) is 0 Å². The Morgan fingerprint density at radius 2 is 1.72 bits per heavy atom. The normalized spacial score (nSPS) is 16.7. The van der Waals surface area contributed by atoms with E-state index in [-0.39, 0.29) is 28.9 Å². The number of alkyl halides is 3. The van der Waals surface area contributed by atoms with Gasteiger partial charge in [0.15, 0.2) is 5.82 Å². The number of hydrogen-bond acceptors (Lipinski definition) is 5. The molecule has 1 saturated heterocycles. The highest BCUT2D eigenvalue weighted by Crippen LogP contribution is 2.31. The Bertz CT molecular complexity index is 1490. The molecule has 2 aliphatic rings. The summed E-state index contributed by atoms with van der Waals surface area (Å²) in [6, 6.07) is 7.59. The number of benzene rings is 2. The predicted molar refractivity (Wildman–Crippen MR) is 133 cm³/mol. The fourth-order valence-electron chi connectivity index (χ4n) is 4.37. The third-order valence-corrected chi connectivity index (χ3v) is 6.62. The van der Waals surface area contributed by atoms with Crippen molar-refractivity contribution in [1.29, 1.82) is 0 Å². The van der Waals surface area contributed by atoms with Gasteiger partial charge in [0, 0.05) is 31.3 Å². The number of amides is 1. The predicted octanol–water partition coefficient (Wildman–Crippen LogP) is 5.22. The van der Waals surface area contributed by atoms with Crippen molar-refractivity contribution in [3.8, 4) is 17.1 Å². The van der Waals surface area contributed by atoms with Crippen LogP contribution in [0.3, 0.4) is 0 Å². The van der Waals surface area contributed by atoms with E-state index in [1.807, 2.05) is 0 Å². The first-order valence-electron chi connectivity index (χ1n) is 12.1. The number of piperidine rings is 1. The lowest BCUT2D eigenvalue weighted by molar-refractivity contribution is -0.137. The van der Waals surface area contributed by atoms with Gasteiger partial charge in [-0.1, -0.05) is 0 Å². The smallest absolute Gasteiger partial charge is 0.416 e. The van der Waals surface area contributed by atoms with Crippen LogP contribution in [0.1, 0.15) is 25.3 Å². The summed E-state index contributed by atoms with van der Waals surface area (Å²) < 4.78 is 73.9. The number of nitrogens with one attached hydrogen (secondary N) is 1. The van der Waals surface area contributed by atoms with E-state index >= 15 is 0 Å². The molecule has 0 atom stereocenters. The van der Waals surface area contributed by atoms with Crippen LogP contribution in [0.15, 0.2) is 65.5 Å². The van der Waals surface area contributed by atoms with Crippen molar-refractivity contribution >= 4 is 11.9 Å². The molecular formula is C27H23F5N4O3. The van der Waals surface area contributed by atoms with Crippen LogP contribution in [-0.2, 0) is 10.9 Å². The number of anilines is 1. The number of aromatic nitrogens is 2. The molecule has 2 aromatic carbocycles. The lowest BCUT2D eigenvalue weighted by atomic mass is 10.1. The van der Waals surface area contributed by atoms with Crippen molar-refractivity contribution in [1.82, 2.24) is 14.9 Å². The monoisotopic (exact) mass is 546 g/mol. The number of nitrogens with zero attached hydrogens (tertiary/aromatic N) is 3. The minimum absolute atomic E-state index is 0.0334. The molecule has 1 N–H and O–H groups in total. The molecule has 12 heteroatoms. The first-order chi connectivity index (χ1) is 18.4. The first-order valence-corrected chi connectivity index (χ1v) is 12.1. The van der Waals surface area contributed by atoms with Crippen molar-refractivity contribution in [2.75, 3.05) is 18.0 Å². The van der Waals surface area contributed by atoms with Crippen LogP contribution >= 0.6 is 0 Å². The molecule has 7 nitrogen and oxygen atoms in total. The maximum Gasteiger partial charge on any atom is 0.416 e. The molecule has 1 aromatic heterocycles. The third-order valence-electron chi connectivity index (χ3n) is 6.62. The summed E-state index contributed by atoms with van der Waals surface area (Å²) in [4.78, 5) is 31.7. The second kappa shape index (κ2) is 9.83. The summed E-state index contributed by atoms with van der Waals surface area (Å²) >= 11 is 0. The van der Waals surface area contributed by atoms with Gasteiger partial charge < -0.3 is 15.0 Å². The van der Waals surface area contributed by atoms with E-state index in [1.54, 1.807) is 24.0 Å². The van der Waals surface area contributed by atoms with Crippen molar-refractivity contribution < 1.29 is 31.5 Å². The van der Waals surface area contributed by atoms with E-state index in [9.17, 15) is 31.5 Å². The van der Waals surface area contributed by atoms with Gasteiger partial charge in [-0.15, -0.1) is 0 Å². The Balaban J connectivity index is 1.44. The Morgan fingerprint density at radius 3 is 2.31 bits per heavy atom. The summed E-state index contributed by atoms with van der Waals surface area (Å²) in [5, 5.41) is 2.82. The largest absolute Gasteiger partial charge is 0.435 e. The summed E-state index contributed by atoms with van der Waals surface area (Å²) in [5.41, 5.74) is -2.38. The summed E-state index contributed by atoms with van der Waals surface area (Å²) in [5.74, 6) is -1.79. The first kappa shape index (κ1) is 26.4. The second-order valence-corrected chi connectivity index (χ2v) is 9.59. The Labute approximate surface area is 219 Å². The van der Waals surface area contributed by atoms with Gasteiger partial charge >= 0.3 is 12.3 Å². The van der Waals surface area contributed by atoms with E-state index in [2.05, 4.69) is 10.3 Å². The summed E-state index contributed by atoms with van der Waals surface area (Å²) in [6.07, 6.45) is -0.564. The van der Waals surface area contributed by atoms with Crippen LogP contribution < -0.4 is 15.8 Å². The van der Waals surface area contributed by atoms with Gasteiger partial charge in [0.25, 0.3) is 5.56 Å². The van der Waals surface area contributed by atoms with E-state index in [4.69, 9.17) is 4.74 Å². The molecule has 2 heterocycles. The van der Waals surface area contributed by atoms with E-state index < -0.39 is 40.6 Å². The number of rotatable bonds is 5. The van der Waals surface area contributed by atoms with Crippen LogP contribution in [-0.4, -0.2) is 40.4 Å². The Hall–Kier alpha value is -4.22. The molecule has 204 valence electrons. The molecule has 1 aliphatic heterocycles. The number of carbonyl (C=O) groups excluding carboxylic acids is 1. The quantitative estimate of drug-likeness (QED) is 0.351. The van der Waals surface area contributed by atoms with Crippen molar-refractivity contribution in [2.24, 2.45) is 0 Å². The highest BCUT2D eigenvalue weighted by Gasteiger charge is 2.34. The summed E-state index contributed by atoms with van der Waals surface area (Å²) in [6.45, 7) is 2.57. The molecule has 0 bridgehead atoms. The molecule has 0 saturated carbocycles. The molecule has 1 amide bonds. The molecule has 1 aliphatic carbocycles. The van der Waals surface area contributed by atoms with Crippen molar-refractivity contribution in [3.63, 3.8) is 0 Å². The SMILES string of the molecule is CC1(OC(=O)NC2CCN(c3cc(=O)n(-c4ccc(C(F)(F)F)cc4)c(-c4ccc(F)cc4F)n3)CC2)C=C1. The molecular weight excluding hydrogens is 523 g/mol. The van der Waals surface area contributed by atoms with E-state index in [1.165, 1.54) is 6.07 Å². The van der Waals surface area contributed by atoms with Crippen LogP contribution in [0.25, 0.3) is 17.1 Å². The van der Waals surface area contributed by atoms with Crippen molar-refractivity contribution in [3.05, 3.63) is 88.2 Å². The zero-order valence-electron chi connectivity index (χ0n) is 20.6. The average Bonchev–Trinajstić information content (AvgIpc) is 3.59. The zero-order chi connectivity index (χ0) is 27.9. The number of hydrogen-bond donors (Lipinski definition) is 1. The van der Waals surface area contributed by atoms with Gasteiger partial charge in [-0.05, 0) is 68.3 Å². The Kier molecular flexibility index (Phi) is 6.65. The van der Waals surface area contributed by atoms with E-state index in [0.717, 1.165) is 41.0 Å². The standard InChI is InChI=1S/C27H23F5N4O3/c1-26(10-11-26)39-25(38)33-18-8-12-35(13-9-18)22-15-23(37)36(19-5-2-16(3-6-19)27(30,31)32)24(34-22)20-7-4-17(28)14-21(20)29/h2-7,10-11,14-15,18H,8-9,12-13H2,1H3,(H,33,38). The molecule has 0 spiro atoms. The zero-order valence-corrected chi connectivity index (χ0v) is 20.6. The van der Waals surface area contributed by atoms with Crippen LogP contribution in [0, 0.1) is 11.6 Å². The fourth-order valence-corrected chi connectivity index (χ4v) is 4.37. The van der Waals surface area contributed by atoms with Crippen LogP contribution in [0.4, 0.5) is 32.6 Å². The molecule has 3 aromatic rings. The van der Waals surface area contributed by atoms with Gasteiger partial charge in [0.05, 0.1) is 16.8 Å². The van der Waals surface area contributed by atoms with Crippen molar-refractivity contribution in [2.45, 2.75) is 37.6 Å². The molecule has 39 heavy (non-hydrogen) atoms. The molecule has 0 radical (unpaired) electrons. The number of ether oxygens (including phenoxy) is 1. The van der Waals surface area contributed by atoms with Gasteiger partial charge in [0.2, 0.25) is 0 Å². The maximum absolute atomic E-state index is 14.8. The topological polar surface area (TPSA) is 76.5 Å². The molecule has 5 rings (SSSR count).